The van der Waals surface area contributed by atoms with Gasteiger partial charge >= 0.3 is 0 Å². The fraction of sp³-hybridized carbons (Fsp3) is 0.700. The maximum Gasteiger partial charge on any atom is 0.290 e. The summed E-state index contributed by atoms with van der Waals surface area (Å²) in [4.78, 5) is 11.7. The monoisotopic (exact) mass is 195 g/mol. The van der Waals surface area contributed by atoms with Crippen molar-refractivity contribution >= 4 is 5.69 Å². The molecular weight excluding hydrogens is 178 g/mol. The third-order valence-corrected chi connectivity index (χ3v) is 3.08. The molecule has 0 radical (unpaired) electrons. The lowest BCUT2D eigenvalue weighted by Crippen LogP contribution is -2.25. The number of nitrogens with one attached hydrogen (secondary N) is 1. The summed E-state index contributed by atoms with van der Waals surface area (Å²) in [6.45, 7) is 1.84. The van der Waals surface area contributed by atoms with Gasteiger partial charge in [-0.3, -0.25) is 9.89 Å². The van der Waals surface area contributed by atoms with Gasteiger partial charge in [-0.25, -0.2) is 4.68 Å². The molecule has 0 spiro atoms. The third-order valence-electron chi connectivity index (χ3n) is 3.08. The van der Waals surface area contributed by atoms with Gasteiger partial charge in [-0.1, -0.05) is 19.3 Å². The number of rotatable bonds is 1. The van der Waals surface area contributed by atoms with Gasteiger partial charge in [-0.2, -0.15) is 0 Å². The average Bonchev–Trinajstić information content (AvgIpc) is 2.47. The molecule has 14 heavy (non-hydrogen) atoms. The summed E-state index contributed by atoms with van der Waals surface area (Å²) in [5, 5.41) is 3.06. The Morgan fingerprint density at radius 1 is 1.36 bits per heavy atom. The number of hydrogen-bond acceptors (Lipinski definition) is 2. The molecule has 1 aliphatic rings. The van der Waals surface area contributed by atoms with E-state index < -0.39 is 0 Å². The zero-order valence-electron chi connectivity index (χ0n) is 8.55. The van der Waals surface area contributed by atoms with E-state index in [0.29, 0.717) is 11.7 Å². The number of nitrogens with two attached hydrogens (primary N) is 1. The second-order valence-electron chi connectivity index (χ2n) is 4.12. The highest BCUT2D eigenvalue weighted by Crippen LogP contribution is 2.26. The lowest BCUT2D eigenvalue weighted by atomic mass is 9.96. The Balaban J connectivity index is 2.31. The number of aromatic amines is 1. The first-order valence-electron chi connectivity index (χ1n) is 5.26. The second kappa shape index (κ2) is 3.52. The molecule has 1 aliphatic carbocycles. The van der Waals surface area contributed by atoms with Crippen LogP contribution in [0, 0.1) is 6.92 Å². The van der Waals surface area contributed by atoms with Crippen molar-refractivity contribution in [2.75, 3.05) is 5.73 Å². The van der Waals surface area contributed by atoms with Crippen molar-refractivity contribution in [3.8, 4) is 0 Å². The topological polar surface area (TPSA) is 63.8 Å². The quantitative estimate of drug-likeness (QED) is 0.714. The summed E-state index contributed by atoms with van der Waals surface area (Å²) in [7, 11) is 0. The lowest BCUT2D eigenvalue weighted by Gasteiger charge is -2.21. The van der Waals surface area contributed by atoms with Gasteiger partial charge in [0.05, 0.1) is 11.7 Å². The molecule has 1 aromatic heterocycles. The molecule has 1 heterocycles. The van der Waals surface area contributed by atoms with Crippen LogP contribution in [-0.2, 0) is 0 Å². The molecule has 4 nitrogen and oxygen atoms in total. The molecule has 0 unspecified atom stereocenters. The van der Waals surface area contributed by atoms with E-state index in [1.807, 2.05) is 6.92 Å². The Kier molecular flexibility index (Phi) is 2.35. The Labute approximate surface area is 83.1 Å². The minimum absolute atomic E-state index is 0.0469. The first-order valence-corrected chi connectivity index (χ1v) is 5.26. The first-order chi connectivity index (χ1) is 6.70. The van der Waals surface area contributed by atoms with Crippen molar-refractivity contribution < 1.29 is 0 Å². The molecule has 0 bridgehead atoms. The van der Waals surface area contributed by atoms with Crippen LogP contribution >= 0.6 is 0 Å². The molecule has 4 heteroatoms. The van der Waals surface area contributed by atoms with E-state index in [9.17, 15) is 4.79 Å². The van der Waals surface area contributed by atoms with E-state index in [2.05, 4.69) is 5.10 Å². The van der Waals surface area contributed by atoms with Crippen LogP contribution in [0.25, 0.3) is 0 Å². The van der Waals surface area contributed by atoms with E-state index in [-0.39, 0.29) is 5.56 Å². The van der Waals surface area contributed by atoms with Gasteiger partial charge < -0.3 is 5.73 Å². The molecule has 2 rings (SSSR count). The minimum atomic E-state index is -0.0469. The maximum absolute atomic E-state index is 11.7. The molecule has 0 saturated heterocycles. The number of anilines is 1. The molecule has 3 N–H and O–H groups in total. The van der Waals surface area contributed by atoms with Crippen molar-refractivity contribution in [1.82, 2.24) is 9.78 Å². The normalized spacial score (nSPS) is 18.6. The van der Waals surface area contributed by atoms with Gasteiger partial charge in [0, 0.05) is 0 Å². The largest absolute Gasteiger partial charge is 0.393 e. The number of nitrogen functional groups attached to an aromatic ring is 1. The molecule has 0 aliphatic heterocycles. The lowest BCUT2D eigenvalue weighted by molar-refractivity contribution is 0.322. The number of aryl methyl sites for hydroxylation is 1. The van der Waals surface area contributed by atoms with Crippen LogP contribution in [0.5, 0.6) is 0 Å². The number of aromatic nitrogens is 2. The molecule has 0 amide bonds. The van der Waals surface area contributed by atoms with E-state index in [4.69, 9.17) is 5.73 Å². The summed E-state index contributed by atoms with van der Waals surface area (Å²) < 4.78 is 1.71. The molecule has 0 atom stereocenters. The van der Waals surface area contributed by atoms with Crippen molar-refractivity contribution in [3.05, 3.63) is 16.0 Å². The van der Waals surface area contributed by atoms with Gasteiger partial charge in [-0.05, 0) is 19.8 Å². The van der Waals surface area contributed by atoms with Crippen LogP contribution in [0.3, 0.4) is 0 Å². The summed E-state index contributed by atoms with van der Waals surface area (Å²) in [6.07, 6.45) is 5.92. The number of nitrogens with zero attached hydrogens (tertiary/aromatic N) is 1. The minimum Gasteiger partial charge on any atom is -0.393 e. The van der Waals surface area contributed by atoms with Gasteiger partial charge in [-0.15, -0.1) is 0 Å². The van der Waals surface area contributed by atoms with Crippen LogP contribution in [0.15, 0.2) is 4.79 Å². The van der Waals surface area contributed by atoms with E-state index in [1.165, 1.54) is 19.3 Å². The Hall–Kier alpha value is -1.19. The summed E-state index contributed by atoms with van der Waals surface area (Å²) in [6, 6.07) is 0.340. The van der Waals surface area contributed by atoms with Crippen molar-refractivity contribution in [1.29, 1.82) is 0 Å². The van der Waals surface area contributed by atoms with Crippen molar-refractivity contribution in [3.63, 3.8) is 0 Å². The predicted octanol–water partition coefficient (Wildman–Crippen LogP) is 1.57. The van der Waals surface area contributed by atoms with Crippen LogP contribution in [-0.4, -0.2) is 9.78 Å². The third kappa shape index (κ3) is 1.45. The number of hydrogen-bond donors (Lipinski definition) is 2. The van der Waals surface area contributed by atoms with Gasteiger partial charge in [0.2, 0.25) is 0 Å². The fourth-order valence-corrected chi connectivity index (χ4v) is 2.18. The molecule has 1 aromatic rings. The fourth-order valence-electron chi connectivity index (χ4n) is 2.18. The van der Waals surface area contributed by atoms with Gasteiger partial charge in [0.1, 0.15) is 5.69 Å². The second-order valence-corrected chi connectivity index (χ2v) is 4.12. The predicted molar refractivity (Wildman–Crippen MR) is 56.3 cm³/mol. The zero-order chi connectivity index (χ0) is 10.1. The van der Waals surface area contributed by atoms with Gasteiger partial charge in [0.15, 0.2) is 0 Å². The Morgan fingerprint density at radius 3 is 2.50 bits per heavy atom. The maximum atomic E-state index is 11.7. The van der Waals surface area contributed by atoms with Crippen LogP contribution in [0.2, 0.25) is 0 Å². The Morgan fingerprint density at radius 2 is 2.00 bits per heavy atom. The summed E-state index contributed by atoms with van der Waals surface area (Å²) in [5.41, 5.74) is 6.76. The summed E-state index contributed by atoms with van der Waals surface area (Å²) in [5.74, 6) is 0. The van der Waals surface area contributed by atoms with E-state index in [1.54, 1.807) is 4.68 Å². The highest BCUT2D eigenvalue weighted by atomic mass is 16.1. The smallest absolute Gasteiger partial charge is 0.290 e. The van der Waals surface area contributed by atoms with Crippen LogP contribution in [0.1, 0.15) is 43.8 Å². The number of H-pyrrole nitrogens is 1. The molecule has 0 aromatic carbocycles. The van der Waals surface area contributed by atoms with Crippen molar-refractivity contribution in [2.24, 2.45) is 0 Å². The summed E-state index contributed by atoms with van der Waals surface area (Å²) >= 11 is 0. The highest BCUT2D eigenvalue weighted by Gasteiger charge is 2.19. The molecular formula is C10H17N3O. The Bertz CT molecular complexity index is 371. The van der Waals surface area contributed by atoms with Crippen LogP contribution in [0.4, 0.5) is 5.69 Å². The standard InChI is InChI=1S/C10H17N3O/c1-7-9(11)10(14)13(12-7)8-5-3-2-4-6-8/h8,12H,2-6,11H2,1H3. The molecule has 1 fully saturated rings. The zero-order valence-corrected chi connectivity index (χ0v) is 8.55. The molecule has 1 saturated carbocycles. The average molecular weight is 195 g/mol. The first kappa shape index (κ1) is 9.37. The van der Waals surface area contributed by atoms with E-state index >= 15 is 0 Å². The highest BCUT2D eigenvalue weighted by molar-refractivity contribution is 5.39. The van der Waals surface area contributed by atoms with Gasteiger partial charge in [0.25, 0.3) is 5.56 Å². The van der Waals surface area contributed by atoms with Crippen molar-refractivity contribution in [2.45, 2.75) is 45.1 Å². The van der Waals surface area contributed by atoms with Crippen LogP contribution < -0.4 is 11.3 Å². The SMILES string of the molecule is Cc1[nH]n(C2CCCCC2)c(=O)c1N. The van der Waals surface area contributed by atoms with E-state index in [0.717, 1.165) is 18.5 Å². The molecule has 78 valence electrons.